The fraction of sp³-hybridized carbons (Fsp3) is 0.526. The number of amides is 2. The fourth-order valence-electron chi connectivity index (χ4n) is 2.72. The number of hydrogen-bond donors (Lipinski definition) is 1. The van der Waals surface area contributed by atoms with E-state index in [0.717, 1.165) is 19.3 Å². The summed E-state index contributed by atoms with van der Waals surface area (Å²) in [7, 11) is 1.56. The van der Waals surface area contributed by atoms with E-state index in [4.69, 9.17) is 0 Å². The molecule has 0 aliphatic carbocycles. The van der Waals surface area contributed by atoms with E-state index in [-0.39, 0.29) is 24.1 Å². The second-order valence-corrected chi connectivity index (χ2v) is 7.43. The molecule has 1 aliphatic heterocycles. The summed E-state index contributed by atoms with van der Waals surface area (Å²) in [6.07, 6.45) is 5.64. The second kappa shape index (κ2) is 10.3. The molecule has 0 aromatic heterocycles. The molecule has 1 aromatic rings. The molecule has 1 atom stereocenters. The van der Waals surface area contributed by atoms with Gasteiger partial charge in [-0.05, 0) is 30.7 Å². The van der Waals surface area contributed by atoms with Crippen LogP contribution in [0, 0.1) is 5.82 Å². The van der Waals surface area contributed by atoms with E-state index in [9.17, 15) is 14.0 Å². The molecule has 1 aliphatic rings. The van der Waals surface area contributed by atoms with Gasteiger partial charge in [0.1, 0.15) is 5.82 Å². The van der Waals surface area contributed by atoms with Gasteiger partial charge in [0.2, 0.25) is 11.8 Å². The molecular weight excluding hydrogens is 353 g/mol. The van der Waals surface area contributed by atoms with Crippen LogP contribution in [0.2, 0.25) is 0 Å². The Morgan fingerprint density at radius 2 is 1.96 bits per heavy atom. The third-order valence-electron chi connectivity index (χ3n) is 4.22. The van der Waals surface area contributed by atoms with Crippen LogP contribution in [0.3, 0.4) is 0 Å². The molecule has 1 fully saturated rings. The van der Waals surface area contributed by atoms with Crippen LogP contribution in [0.5, 0.6) is 0 Å². The maximum atomic E-state index is 13.1. The molecule has 2 amide bonds. The lowest BCUT2D eigenvalue weighted by atomic mass is 10.1. The molecule has 1 heterocycles. The van der Waals surface area contributed by atoms with E-state index in [1.807, 2.05) is 0 Å². The Morgan fingerprint density at radius 3 is 2.62 bits per heavy atom. The summed E-state index contributed by atoms with van der Waals surface area (Å²) >= 11 is 1.29. The van der Waals surface area contributed by atoms with Gasteiger partial charge in [0.25, 0.3) is 0 Å². The summed E-state index contributed by atoms with van der Waals surface area (Å²) in [4.78, 5) is 30.8. The van der Waals surface area contributed by atoms with Gasteiger partial charge in [0.15, 0.2) is 5.17 Å². The van der Waals surface area contributed by atoms with E-state index in [0.29, 0.717) is 17.4 Å². The van der Waals surface area contributed by atoms with Crippen LogP contribution in [0.4, 0.5) is 10.1 Å². The highest BCUT2D eigenvalue weighted by Crippen LogP contribution is 2.29. The number of hydrogen-bond acceptors (Lipinski definition) is 4. The number of carbonyl (C=O) groups is 2. The minimum Gasteiger partial charge on any atom is -0.358 e. The van der Waals surface area contributed by atoms with Crippen LogP contribution in [0.1, 0.15) is 45.4 Å². The number of nitrogens with zero attached hydrogens (tertiary/aromatic N) is 2. The topological polar surface area (TPSA) is 61.8 Å². The van der Waals surface area contributed by atoms with Gasteiger partial charge in [-0.2, -0.15) is 0 Å². The molecule has 2 rings (SSSR count). The third-order valence-corrected chi connectivity index (χ3v) is 5.40. The van der Waals surface area contributed by atoms with Gasteiger partial charge in [-0.25, -0.2) is 9.38 Å². The molecule has 0 saturated carbocycles. The Hall–Kier alpha value is -1.89. The predicted molar refractivity (Wildman–Crippen MR) is 104 cm³/mol. The van der Waals surface area contributed by atoms with Crippen molar-refractivity contribution in [2.45, 2.75) is 50.7 Å². The third kappa shape index (κ3) is 5.83. The van der Waals surface area contributed by atoms with Crippen LogP contribution < -0.4 is 5.32 Å². The van der Waals surface area contributed by atoms with E-state index >= 15 is 0 Å². The van der Waals surface area contributed by atoms with E-state index in [1.165, 1.54) is 36.7 Å². The molecule has 1 aromatic carbocycles. The van der Waals surface area contributed by atoms with Gasteiger partial charge in [-0.15, -0.1) is 0 Å². The van der Waals surface area contributed by atoms with Crippen molar-refractivity contribution in [1.29, 1.82) is 0 Å². The highest BCUT2D eigenvalue weighted by Gasteiger charge is 2.35. The van der Waals surface area contributed by atoms with Gasteiger partial charge in [-0.3, -0.25) is 14.5 Å². The summed E-state index contributed by atoms with van der Waals surface area (Å²) in [5.41, 5.74) is 0.565. The van der Waals surface area contributed by atoms with Crippen molar-refractivity contribution in [1.82, 2.24) is 10.2 Å². The van der Waals surface area contributed by atoms with Crippen molar-refractivity contribution in [2.24, 2.45) is 4.99 Å². The zero-order valence-electron chi connectivity index (χ0n) is 15.3. The van der Waals surface area contributed by atoms with Crippen LogP contribution in [-0.4, -0.2) is 40.7 Å². The standard InChI is InChI=1S/C19H26FN3O2S/c1-3-4-5-6-7-12-23-17(24)13-16(18(25)21-2)26-19(23)22-15-10-8-14(20)9-11-15/h8-11,16H,3-7,12-13H2,1-2H3,(H,21,25). The Balaban J connectivity index is 2.15. The van der Waals surface area contributed by atoms with Crippen molar-refractivity contribution < 1.29 is 14.0 Å². The predicted octanol–water partition coefficient (Wildman–Crippen LogP) is 3.86. The second-order valence-electron chi connectivity index (χ2n) is 6.26. The van der Waals surface area contributed by atoms with Crippen molar-refractivity contribution in [2.75, 3.05) is 13.6 Å². The monoisotopic (exact) mass is 379 g/mol. The quantitative estimate of drug-likeness (QED) is 0.698. The minimum absolute atomic E-state index is 0.0892. The van der Waals surface area contributed by atoms with Crippen molar-refractivity contribution >= 4 is 34.4 Å². The molecule has 0 radical (unpaired) electrons. The molecule has 0 bridgehead atoms. The molecule has 0 spiro atoms. The Labute approximate surface area is 158 Å². The summed E-state index contributed by atoms with van der Waals surface area (Å²) in [5.74, 6) is -0.608. The average Bonchev–Trinajstić information content (AvgIpc) is 2.64. The first-order valence-electron chi connectivity index (χ1n) is 9.08. The van der Waals surface area contributed by atoms with Gasteiger partial charge in [0, 0.05) is 20.0 Å². The van der Waals surface area contributed by atoms with E-state index < -0.39 is 5.25 Å². The molecule has 7 heteroatoms. The van der Waals surface area contributed by atoms with Crippen molar-refractivity contribution in [3.05, 3.63) is 30.1 Å². The van der Waals surface area contributed by atoms with Crippen LogP contribution in [-0.2, 0) is 9.59 Å². The Bertz CT molecular complexity index is 649. The van der Waals surface area contributed by atoms with Crippen LogP contribution in [0.25, 0.3) is 0 Å². The van der Waals surface area contributed by atoms with Gasteiger partial charge in [-0.1, -0.05) is 44.4 Å². The number of unbranched alkanes of at least 4 members (excludes halogenated alkanes) is 4. The average molecular weight is 380 g/mol. The first-order chi connectivity index (χ1) is 12.5. The lowest BCUT2D eigenvalue weighted by Crippen LogP contribution is -2.46. The summed E-state index contributed by atoms with van der Waals surface area (Å²) < 4.78 is 13.1. The fourth-order valence-corrected chi connectivity index (χ4v) is 3.91. The number of amidine groups is 1. The van der Waals surface area contributed by atoms with Gasteiger partial charge >= 0.3 is 0 Å². The SMILES string of the molecule is CCCCCCCN1C(=O)CC(C(=O)NC)SC1=Nc1ccc(F)cc1. The highest BCUT2D eigenvalue weighted by molar-refractivity contribution is 8.15. The van der Waals surface area contributed by atoms with Crippen LogP contribution in [0.15, 0.2) is 29.3 Å². The van der Waals surface area contributed by atoms with Gasteiger partial charge in [0.05, 0.1) is 10.9 Å². The summed E-state index contributed by atoms with van der Waals surface area (Å²) in [6.45, 7) is 2.76. The number of thioether (sulfide) groups is 1. The number of aliphatic imine (C=N–C) groups is 1. The molecular formula is C19H26FN3O2S. The van der Waals surface area contributed by atoms with Crippen molar-refractivity contribution in [3.8, 4) is 0 Å². The highest BCUT2D eigenvalue weighted by atomic mass is 32.2. The summed E-state index contributed by atoms with van der Waals surface area (Å²) in [6, 6.07) is 5.80. The lowest BCUT2D eigenvalue weighted by Gasteiger charge is -2.31. The number of benzene rings is 1. The van der Waals surface area contributed by atoms with Gasteiger partial charge < -0.3 is 5.32 Å². The number of halogens is 1. The Kier molecular flexibility index (Phi) is 8.09. The van der Waals surface area contributed by atoms with E-state index in [1.54, 1.807) is 24.1 Å². The molecule has 5 nitrogen and oxygen atoms in total. The van der Waals surface area contributed by atoms with E-state index in [2.05, 4.69) is 17.2 Å². The summed E-state index contributed by atoms with van der Waals surface area (Å²) in [5, 5.41) is 2.62. The first kappa shape index (κ1) is 20.4. The zero-order valence-corrected chi connectivity index (χ0v) is 16.2. The first-order valence-corrected chi connectivity index (χ1v) is 9.96. The van der Waals surface area contributed by atoms with Crippen molar-refractivity contribution in [3.63, 3.8) is 0 Å². The lowest BCUT2D eigenvalue weighted by molar-refractivity contribution is -0.130. The maximum Gasteiger partial charge on any atom is 0.233 e. The minimum atomic E-state index is -0.483. The Morgan fingerprint density at radius 1 is 1.27 bits per heavy atom. The smallest absolute Gasteiger partial charge is 0.233 e. The number of nitrogens with one attached hydrogen (secondary N) is 1. The normalized spacial score (nSPS) is 19.0. The molecule has 1 N–H and O–H groups in total. The maximum absolute atomic E-state index is 13.1. The van der Waals surface area contributed by atoms with Crippen LogP contribution >= 0.6 is 11.8 Å². The number of rotatable bonds is 8. The largest absolute Gasteiger partial charge is 0.358 e. The molecule has 142 valence electrons. The molecule has 1 unspecified atom stereocenters. The number of carbonyl (C=O) groups excluding carboxylic acids is 2. The molecule has 1 saturated heterocycles. The molecule has 26 heavy (non-hydrogen) atoms. The zero-order chi connectivity index (χ0) is 18.9.